The van der Waals surface area contributed by atoms with Crippen LogP contribution in [0.3, 0.4) is 0 Å². The molecule has 1 rings (SSSR count). The van der Waals surface area contributed by atoms with Crippen LogP contribution in [-0.4, -0.2) is 76.6 Å². The molecule has 26 heavy (non-hydrogen) atoms. The molecular formula is C20H42N4O2. The second-order valence-electron chi connectivity index (χ2n) is 7.30. The highest BCUT2D eigenvalue weighted by molar-refractivity contribution is 5.79. The van der Waals surface area contributed by atoms with Gasteiger partial charge in [0.2, 0.25) is 0 Å². The van der Waals surface area contributed by atoms with Crippen LogP contribution in [0.1, 0.15) is 58.8 Å². The molecule has 1 atom stereocenters. The highest BCUT2D eigenvalue weighted by Crippen LogP contribution is 2.19. The second kappa shape index (κ2) is 15.2. The van der Waals surface area contributed by atoms with E-state index in [-0.39, 0.29) is 6.10 Å². The molecule has 1 fully saturated rings. The lowest BCUT2D eigenvalue weighted by Gasteiger charge is -2.19. The molecule has 0 spiro atoms. The number of hydrogen-bond donors (Lipinski definition) is 2. The van der Waals surface area contributed by atoms with E-state index in [2.05, 4.69) is 36.6 Å². The van der Waals surface area contributed by atoms with Crippen molar-refractivity contribution in [1.29, 1.82) is 0 Å². The quantitative estimate of drug-likeness (QED) is 0.239. The van der Waals surface area contributed by atoms with Crippen LogP contribution < -0.4 is 10.6 Å². The summed E-state index contributed by atoms with van der Waals surface area (Å²) in [6, 6.07) is 0. The van der Waals surface area contributed by atoms with Crippen molar-refractivity contribution in [1.82, 2.24) is 15.5 Å². The summed E-state index contributed by atoms with van der Waals surface area (Å²) < 4.78 is 11.9. The van der Waals surface area contributed by atoms with Gasteiger partial charge in [0.15, 0.2) is 5.96 Å². The van der Waals surface area contributed by atoms with Crippen LogP contribution in [0.5, 0.6) is 0 Å². The number of ether oxygens (including phenoxy) is 2. The van der Waals surface area contributed by atoms with Gasteiger partial charge in [-0.1, -0.05) is 25.7 Å². The van der Waals surface area contributed by atoms with E-state index in [9.17, 15) is 0 Å². The fourth-order valence-corrected chi connectivity index (χ4v) is 3.20. The summed E-state index contributed by atoms with van der Waals surface area (Å²) >= 11 is 0. The van der Waals surface area contributed by atoms with Gasteiger partial charge in [0, 0.05) is 26.2 Å². The molecule has 0 aromatic heterocycles. The lowest BCUT2D eigenvalue weighted by atomic mass is 10.1. The summed E-state index contributed by atoms with van der Waals surface area (Å²) in [7, 11) is 4.18. The first kappa shape index (κ1) is 23.2. The molecule has 0 aromatic carbocycles. The summed E-state index contributed by atoms with van der Waals surface area (Å²) in [5.74, 6) is 0.853. The molecule has 0 aliphatic heterocycles. The highest BCUT2D eigenvalue weighted by atomic mass is 16.5. The zero-order chi connectivity index (χ0) is 19.0. The third-order valence-corrected chi connectivity index (χ3v) is 4.65. The van der Waals surface area contributed by atoms with E-state index in [1.165, 1.54) is 38.5 Å². The number of hydrogen-bond acceptors (Lipinski definition) is 4. The van der Waals surface area contributed by atoms with Crippen molar-refractivity contribution >= 4 is 5.96 Å². The summed E-state index contributed by atoms with van der Waals surface area (Å²) in [5, 5.41) is 6.70. The Morgan fingerprint density at radius 1 is 1.12 bits per heavy atom. The van der Waals surface area contributed by atoms with Gasteiger partial charge in [-0.05, 0) is 47.2 Å². The van der Waals surface area contributed by atoms with Crippen LogP contribution in [-0.2, 0) is 9.47 Å². The number of nitrogens with zero attached hydrogens (tertiary/aromatic N) is 2. The second-order valence-corrected chi connectivity index (χ2v) is 7.30. The van der Waals surface area contributed by atoms with Crippen LogP contribution in [0.4, 0.5) is 0 Å². The smallest absolute Gasteiger partial charge is 0.191 e. The summed E-state index contributed by atoms with van der Waals surface area (Å²) in [6.07, 6.45) is 9.41. The SMILES string of the molecule is CCNC(=NCC(CCN(C)C)OCC)NCCOC1CCCCCC1. The Morgan fingerprint density at radius 3 is 2.46 bits per heavy atom. The molecule has 6 heteroatoms. The van der Waals surface area contributed by atoms with Gasteiger partial charge in [-0.25, -0.2) is 0 Å². The summed E-state index contributed by atoms with van der Waals surface area (Å²) in [4.78, 5) is 6.89. The minimum Gasteiger partial charge on any atom is -0.377 e. The number of aliphatic imine (C=N–C) groups is 1. The maximum atomic E-state index is 6.05. The van der Waals surface area contributed by atoms with Crippen LogP contribution in [0, 0.1) is 0 Å². The number of nitrogens with one attached hydrogen (secondary N) is 2. The fraction of sp³-hybridized carbons (Fsp3) is 0.950. The average molecular weight is 371 g/mol. The Morgan fingerprint density at radius 2 is 1.85 bits per heavy atom. The number of guanidine groups is 1. The van der Waals surface area contributed by atoms with Gasteiger partial charge in [-0.3, -0.25) is 4.99 Å². The maximum Gasteiger partial charge on any atom is 0.191 e. The lowest BCUT2D eigenvalue weighted by Crippen LogP contribution is -2.40. The fourth-order valence-electron chi connectivity index (χ4n) is 3.20. The molecule has 6 nitrogen and oxygen atoms in total. The van der Waals surface area contributed by atoms with Crippen LogP contribution in [0.2, 0.25) is 0 Å². The minimum absolute atomic E-state index is 0.167. The predicted octanol–water partition coefficient (Wildman–Crippen LogP) is 2.64. The van der Waals surface area contributed by atoms with E-state index < -0.39 is 0 Å². The molecule has 1 aliphatic rings. The van der Waals surface area contributed by atoms with Crippen LogP contribution >= 0.6 is 0 Å². The van der Waals surface area contributed by atoms with Crippen molar-refractivity contribution in [2.45, 2.75) is 71.0 Å². The van der Waals surface area contributed by atoms with Crippen molar-refractivity contribution in [2.24, 2.45) is 4.99 Å². The van der Waals surface area contributed by atoms with E-state index >= 15 is 0 Å². The van der Waals surface area contributed by atoms with Gasteiger partial charge in [0.1, 0.15) is 0 Å². The van der Waals surface area contributed by atoms with E-state index in [1.807, 2.05) is 6.92 Å². The van der Waals surface area contributed by atoms with E-state index in [0.717, 1.165) is 45.2 Å². The van der Waals surface area contributed by atoms with Crippen molar-refractivity contribution in [2.75, 3.05) is 53.5 Å². The van der Waals surface area contributed by atoms with Gasteiger partial charge >= 0.3 is 0 Å². The van der Waals surface area contributed by atoms with Crippen molar-refractivity contribution in [3.05, 3.63) is 0 Å². The molecule has 0 bridgehead atoms. The first-order valence-corrected chi connectivity index (χ1v) is 10.6. The normalized spacial score (nSPS) is 18.0. The van der Waals surface area contributed by atoms with Gasteiger partial charge < -0.3 is 25.0 Å². The Bertz CT molecular complexity index is 356. The van der Waals surface area contributed by atoms with Crippen molar-refractivity contribution < 1.29 is 9.47 Å². The van der Waals surface area contributed by atoms with Gasteiger partial charge in [0.25, 0.3) is 0 Å². The first-order chi connectivity index (χ1) is 12.7. The van der Waals surface area contributed by atoms with E-state index in [4.69, 9.17) is 14.5 Å². The zero-order valence-electron chi connectivity index (χ0n) is 17.6. The van der Waals surface area contributed by atoms with E-state index in [0.29, 0.717) is 12.6 Å². The summed E-state index contributed by atoms with van der Waals surface area (Å²) in [5.41, 5.74) is 0. The van der Waals surface area contributed by atoms with Crippen molar-refractivity contribution in [3.8, 4) is 0 Å². The van der Waals surface area contributed by atoms with Crippen LogP contribution in [0.15, 0.2) is 4.99 Å². The Balaban J connectivity index is 2.33. The Kier molecular flexibility index (Phi) is 13.6. The Hall–Kier alpha value is -0.850. The van der Waals surface area contributed by atoms with Gasteiger partial charge in [-0.2, -0.15) is 0 Å². The maximum absolute atomic E-state index is 6.05. The number of rotatable bonds is 12. The highest BCUT2D eigenvalue weighted by Gasteiger charge is 2.12. The third-order valence-electron chi connectivity index (χ3n) is 4.65. The molecule has 2 N–H and O–H groups in total. The van der Waals surface area contributed by atoms with Crippen LogP contribution in [0.25, 0.3) is 0 Å². The largest absolute Gasteiger partial charge is 0.377 e. The van der Waals surface area contributed by atoms with Gasteiger partial charge in [-0.15, -0.1) is 0 Å². The lowest BCUT2D eigenvalue weighted by molar-refractivity contribution is 0.0467. The summed E-state index contributed by atoms with van der Waals surface area (Å²) in [6.45, 7) is 8.94. The Labute approximate surface area is 161 Å². The minimum atomic E-state index is 0.167. The monoisotopic (exact) mass is 370 g/mol. The third kappa shape index (κ3) is 11.7. The molecule has 0 amide bonds. The molecule has 1 aliphatic carbocycles. The zero-order valence-corrected chi connectivity index (χ0v) is 17.6. The first-order valence-electron chi connectivity index (χ1n) is 10.6. The van der Waals surface area contributed by atoms with Gasteiger partial charge in [0.05, 0.1) is 25.4 Å². The molecule has 0 aromatic rings. The molecule has 0 heterocycles. The van der Waals surface area contributed by atoms with E-state index in [1.54, 1.807) is 0 Å². The standard InChI is InChI=1S/C20H42N4O2/c1-5-21-20(23-17-19(25-6-2)13-15-24(3)4)22-14-16-26-18-11-9-7-8-10-12-18/h18-19H,5-17H2,1-4H3,(H2,21,22,23). The molecule has 1 unspecified atom stereocenters. The molecule has 0 radical (unpaired) electrons. The molecule has 154 valence electrons. The average Bonchev–Trinajstić information content (AvgIpc) is 2.89. The van der Waals surface area contributed by atoms with Crippen molar-refractivity contribution in [3.63, 3.8) is 0 Å². The molecule has 1 saturated carbocycles. The molecule has 0 saturated heterocycles. The topological polar surface area (TPSA) is 58.1 Å². The predicted molar refractivity (Wildman–Crippen MR) is 110 cm³/mol. The molecular weight excluding hydrogens is 328 g/mol.